The summed E-state index contributed by atoms with van der Waals surface area (Å²) in [6, 6.07) is 7.76. The second-order valence-electron chi connectivity index (χ2n) is 4.95. The molecule has 0 spiro atoms. The minimum atomic E-state index is -0.00126. The molecule has 21 heavy (non-hydrogen) atoms. The van der Waals surface area contributed by atoms with Crippen LogP contribution in [0.4, 0.5) is 5.13 Å². The van der Waals surface area contributed by atoms with Crippen LogP contribution in [-0.4, -0.2) is 18.0 Å². The molecule has 1 atom stereocenters. The van der Waals surface area contributed by atoms with Crippen LogP contribution >= 0.6 is 11.3 Å². The highest BCUT2D eigenvalue weighted by atomic mass is 32.1. The van der Waals surface area contributed by atoms with Crippen LogP contribution in [0.25, 0.3) is 11.3 Å². The maximum atomic E-state index is 11.9. The number of amides is 1. The Balaban J connectivity index is 2.20. The zero-order chi connectivity index (χ0) is 15.4. The van der Waals surface area contributed by atoms with Gasteiger partial charge in [-0.1, -0.05) is 13.8 Å². The van der Waals surface area contributed by atoms with Gasteiger partial charge in [0, 0.05) is 16.4 Å². The van der Waals surface area contributed by atoms with Crippen LogP contribution in [0.5, 0.6) is 5.75 Å². The van der Waals surface area contributed by atoms with E-state index in [0.717, 1.165) is 28.3 Å². The molecule has 4 nitrogen and oxygen atoms in total. The highest BCUT2D eigenvalue weighted by Crippen LogP contribution is 2.31. The van der Waals surface area contributed by atoms with E-state index < -0.39 is 0 Å². The number of nitrogens with zero attached hydrogens (tertiary/aromatic N) is 1. The van der Waals surface area contributed by atoms with Crippen LogP contribution in [0.3, 0.4) is 0 Å². The molecule has 0 aliphatic carbocycles. The summed E-state index contributed by atoms with van der Waals surface area (Å²) in [5.74, 6) is 0.836. The monoisotopic (exact) mass is 304 g/mol. The molecule has 2 rings (SSSR count). The minimum absolute atomic E-state index is 0.00126. The fourth-order valence-corrected chi connectivity index (χ4v) is 2.72. The number of carbonyl (C=O) groups is 1. The summed E-state index contributed by atoms with van der Waals surface area (Å²) in [4.78, 5) is 17.5. The number of aryl methyl sites for hydroxylation is 1. The lowest BCUT2D eigenvalue weighted by molar-refractivity contribution is -0.119. The van der Waals surface area contributed by atoms with Crippen LogP contribution in [0.15, 0.2) is 24.3 Å². The lowest BCUT2D eigenvalue weighted by Crippen LogP contribution is -2.19. The Labute approximate surface area is 129 Å². The third-order valence-electron chi connectivity index (χ3n) is 3.45. The van der Waals surface area contributed by atoms with Gasteiger partial charge in [-0.05, 0) is 37.6 Å². The average Bonchev–Trinajstić information content (AvgIpc) is 2.86. The van der Waals surface area contributed by atoms with Crippen molar-refractivity contribution in [2.75, 3.05) is 12.4 Å². The van der Waals surface area contributed by atoms with Gasteiger partial charge in [0.1, 0.15) is 5.75 Å². The number of thiazole rings is 1. The molecule has 1 amide bonds. The Bertz CT molecular complexity index is 620. The number of aromatic nitrogens is 1. The number of rotatable bonds is 5. The van der Waals surface area contributed by atoms with E-state index in [9.17, 15) is 4.79 Å². The van der Waals surface area contributed by atoms with Crippen LogP contribution in [0.1, 0.15) is 25.1 Å². The van der Waals surface area contributed by atoms with Crippen molar-refractivity contribution in [3.63, 3.8) is 0 Å². The molecule has 0 fully saturated rings. The van der Waals surface area contributed by atoms with E-state index in [4.69, 9.17) is 4.74 Å². The number of ether oxygens (including phenoxy) is 1. The van der Waals surface area contributed by atoms with Gasteiger partial charge >= 0.3 is 0 Å². The quantitative estimate of drug-likeness (QED) is 0.904. The molecule has 112 valence electrons. The van der Waals surface area contributed by atoms with Gasteiger partial charge in [0.2, 0.25) is 5.91 Å². The SMILES string of the molecule is CCC(C)C(=O)Nc1nc(-c2ccc(OC)cc2)c(C)s1. The van der Waals surface area contributed by atoms with Gasteiger partial charge in [0.25, 0.3) is 0 Å². The second kappa shape index (κ2) is 6.72. The fraction of sp³-hybridized carbons (Fsp3) is 0.375. The van der Waals surface area contributed by atoms with E-state index in [2.05, 4.69) is 10.3 Å². The molecule has 1 aromatic heterocycles. The summed E-state index contributed by atoms with van der Waals surface area (Å²) in [5.41, 5.74) is 1.93. The van der Waals surface area contributed by atoms with E-state index in [1.54, 1.807) is 7.11 Å². The summed E-state index contributed by atoms with van der Waals surface area (Å²) in [7, 11) is 1.64. The van der Waals surface area contributed by atoms with Gasteiger partial charge in [0.15, 0.2) is 5.13 Å². The molecule has 0 bridgehead atoms. The molecule has 0 saturated heterocycles. The molecule has 2 aromatic rings. The fourth-order valence-electron chi connectivity index (χ4n) is 1.88. The minimum Gasteiger partial charge on any atom is -0.497 e. The largest absolute Gasteiger partial charge is 0.497 e. The summed E-state index contributed by atoms with van der Waals surface area (Å²) < 4.78 is 5.16. The smallest absolute Gasteiger partial charge is 0.228 e. The summed E-state index contributed by atoms with van der Waals surface area (Å²) >= 11 is 1.50. The Morgan fingerprint density at radius 1 is 1.38 bits per heavy atom. The molecule has 0 aliphatic heterocycles. The average molecular weight is 304 g/mol. The molecule has 0 saturated carbocycles. The maximum absolute atomic E-state index is 11.9. The van der Waals surface area contributed by atoms with Crippen molar-refractivity contribution in [1.82, 2.24) is 4.98 Å². The number of carbonyl (C=O) groups excluding carboxylic acids is 1. The zero-order valence-electron chi connectivity index (χ0n) is 12.8. The van der Waals surface area contributed by atoms with Gasteiger partial charge in [-0.2, -0.15) is 0 Å². The highest BCUT2D eigenvalue weighted by molar-refractivity contribution is 7.16. The molecule has 1 heterocycles. The van der Waals surface area contributed by atoms with E-state index >= 15 is 0 Å². The lowest BCUT2D eigenvalue weighted by Gasteiger charge is -2.06. The van der Waals surface area contributed by atoms with E-state index in [1.807, 2.05) is 45.0 Å². The molecular formula is C16H20N2O2S. The predicted octanol–water partition coefficient (Wildman–Crippen LogP) is 4.11. The summed E-state index contributed by atoms with van der Waals surface area (Å²) in [6.07, 6.45) is 0.821. The Morgan fingerprint density at radius 2 is 2.05 bits per heavy atom. The van der Waals surface area contributed by atoms with Crippen molar-refractivity contribution in [2.45, 2.75) is 27.2 Å². The van der Waals surface area contributed by atoms with E-state index in [1.165, 1.54) is 11.3 Å². The van der Waals surface area contributed by atoms with Crippen molar-refractivity contribution in [3.05, 3.63) is 29.1 Å². The van der Waals surface area contributed by atoms with Gasteiger partial charge in [0.05, 0.1) is 12.8 Å². The second-order valence-corrected chi connectivity index (χ2v) is 6.15. The standard InChI is InChI=1S/C16H20N2O2S/c1-5-10(2)15(19)18-16-17-14(11(3)21-16)12-6-8-13(20-4)9-7-12/h6-10H,5H2,1-4H3,(H,17,18,19). The summed E-state index contributed by atoms with van der Waals surface area (Å²) in [6.45, 7) is 5.93. The number of methoxy groups -OCH3 is 1. The molecule has 0 radical (unpaired) electrons. The van der Waals surface area contributed by atoms with E-state index in [-0.39, 0.29) is 11.8 Å². The number of hydrogen-bond acceptors (Lipinski definition) is 4. The molecule has 5 heteroatoms. The topological polar surface area (TPSA) is 51.2 Å². The van der Waals surface area contributed by atoms with Crippen molar-refractivity contribution >= 4 is 22.4 Å². The number of nitrogens with one attached hydrogen (secondary N) is 1. The predicted molar refractivity (Wildman–Crippen MR) is 86.9 cm³/mol. The van der Waals surface area contributed by atoms with Gasteiger partial charge in [-0.15, -0.1) is 11.3 Å². The van der Waals surface area contributed by atoms with Gasteiger partial charge < -0.3 is 10.1 Å². The molecule has 1 unspecified atom stereocenters. The number of benzene rings is 1. The van der Waals surface area contributed by atoms with Crippen molar-refractivity contribution in [1.29, 1.82) is 0 Å². The Hall–Kier alpha value is -1.88. The van der Waals surface area contributed by atoms with Crippen molar-refractivity contribution in [2.24, 2.45) is 5.92 Å². The van der Waals surface area contributed by atoms with Crippen molar-refractivity contribution < 1.29 is 9.53 Å². The third-order valence-corrected chi connectivity index (χ3v) is 4.34. The van der Waals surface area contributed by atoms with Crippen LogP contribution in [-0.2, 0) is 4.79 Å². The normalized spacial score (nSPS) is 12.0. The molecular weight excluding hydrogens is 284 g/mol. The first-order chi connectivity index (χ1) is 10.0. The number of anilines is 1. The Morgan fingerprint density at radius 3 is 2.62 bits per heavy atom. The molecule has 1 N–H and O–H groups in total. The lowest BCUT2D eigenvalue weighted by atomic mass is 10.1. The Kier molecular flexibility index (Phi) is 4.96. The van der Waals surface area contributed by atoms with Crippen molar-refractivity contribution in [3.8, 4) is 17.0 Å². The van der Waals surface area contributed by atoms with Crippen LogP contribution < -0.4 is 10.1 Å². The van der Waals surface area contributed by atoms with E-state index in [0.29, 0.717) is 5.13 Å². The first kappa shape index (κ1) is 15.5. The maximum Gasteiger partial charge on any atom is 0.228 e. The summed E-state index contributed by atoms with van der Waals surface area (Å²) in [5, 5.41) is 3.55. The third kappa shape index (κ3) is 3.61. The van der Waals surface area contributed by atoms with Crippen LogP contribution in [0, 0.1) is 12.8 Å². The highest BCUT2D eigenvalue weighted by Gasteiger charge is 2.15. The van der Waals surface area contributed by atoms with Gasteiger partial charge in [-0.3, -0.25) is 4.79 Å². The molecule has 0 aliphatic rings. The molecule has 1 aromatic carbocycles. The first-order valence-electron chi connectivity index (χ1n) is 6.97. The van der Waals surface area contributed by atoms with Gasteiger partial charge in [-0.25, -0.2) is 4.98 Å². The first-order valence-corrected chi connectivity index (χ1v) is 7.79. The number of hydrogen-bond donors (Lipinski definition) is 1. The van der Waals surface area contributed by atoms with Crippen LogP contribution in [0.2, 0.25) is 0 Å². The zero-order valence-corrected chi connectivity index (χ0v) is 13.6.